The normalized spacial score (nSPS) is 31.5. The second-order valence-electron chi connectivity index (χ2n) is 4.48. The highest BCUT2D eigenvalue weighted by Gasteiger charge is 2.38. The number of hydrogen-bond donors (Lipinski definition) is 2. The van der Waals surface area contributed by atoms with Gasteiger partial charge in [0.2, 0.25) is 15.9 Å². The predicted molar refractivity (Wildman–Crippen MR) is 55.4 cm³/mol. The molecule has 0 aliphatic heterocycles. The predicted octanol–water partition coefficient (Wildman–Crippen LogP) is -0.278. The molecule has 5 nitrogen and oxygen atoms in total. The number of nitrogens with two attached hydrogens (primary N) is 1. The van der Waals surface area contributed by atoms with E-state index < -0.39 is 10.0 Å². The van der Waals surface area contributed by atoms with E-state index in [4.69, 9.17) is 5.73 Å². The molecule has 2 atom stereocenters. The van der Waals surface area contributed by atoms with Crippen LogP contribution in [0.1, 0.15) is 32.1 Å². The Labute approximate surface area is 89.5 Å². The highest BCUT2D eigenvalue weighted by molar-refractivity contribution is 7.90. The standard InChI is InChI=1S/C9H16N2O3S/c10-7-2-1-6(5-7)9(12)11-15(13,14)8-3-4-8/h6-8H,1-5,10H2,(H,11,12). The van der Waals surface area contributed by atoms with Gasteiger partial charge in [-0.2, -0.15) is 0 Å². The molecule has 6 heteroatoms. The third kappa shape index (κ3) is 2.49. The maximum atomic E-state index is 11.6. The fourth-order valence-electron chi connectivity index (χ4n) is 1.94. The second kappa shape index (κ2) is 3.75. The van der Waals surface area contributed by atoms with Crippen molar-refractivity contribution in [3.05, 3.63) is 0 Å². The van der Waals surface area contributed by atoms with Gasteiger partial charge in [-0.1, -0.05) is 0 Å². The van der Waals surface area contributed by atoms with Crippen molar-refractivity contribution in [3.8, 4) is 0 Å². The fraction of sp³-hybridized carbons (Fsp3) is 0.889. The fourth-order valence-corrected chi connectivity index (χ4v) is 3.31. The summed E-state index contributed by atoms with van der Waals surface area (Å²) < 4.78 is 25.1. The van der Waals surface area contributed by atoms with E-state index >= 15 is 0 Å². The van der Waals surface area contributed by atoms with Crippen LogP contribution < -0.4 is 10.5 Å². The molecule has 3 N–H and O–H groups in total. The number of amides is 1. The van der Waals surface area contributed by atoms with Crippen LogP contribution in [0.2, 0.25) is 0 Å². The summed E-state index contributed by atoms with van der Waals surface area (Å²) in [5.74, 6) is -0.580. The van der Waals surface area contributed by atoms with Gasteiger partial charge in [0.1, 0.15) is 0 Å². The number of rotatable bonds is 3. The second-order valence-corrected chi connectivity index (χ2v) is 6.44. The molecule has 15 heavy (non-hydrogen) atoms. The molecule has 0 saturated heterocycles. The number of carbonyl (C=O) groups excluding carboxylic acids is 1. The minimum absolute atomic E-state index is 0.0457. The summed E-state index contributed by atoms with van der Waals surface area (Å²) in [4.78, 5) is 11.6. The van der Waals surface area contributed by atoms with E-state index in [9.17, 15) is 13.2 Å². The Hall–Kier alpha value is -0.620. The van der Waals surface area contributed by atoms with Crippen LogP contribution in [0.4, 0.5) is 0 Å². The molecule has 2 saturated carbocycles. The maximum absolute atomic E-state index is 11.6. The van der Waals surface area contributed by atoms with Crippen molar-refractivity contribution in [2.75, 3.05) is 0 Å². The van der Waals surface area contributed by atoms with Gasteiger partial charge in [0, 0.05) is 12.0 Å². The van der Waals surface area contributed by atoms with Crippen LogP contribution in [0.25, 0.3) is 0 Å². The maximum Gasteiger partial charge on any atom is 0.237 e. The van der Waals surface area contributed by atoms with Gasteiger partial charge < -0.3 is 5.73 Å². The summed E-state index contributed by atoms with van der Waals surface area (Å²) in [6.45, 7) is 0. The first kappa shape index (κ1) is 10.9. The van der Waals surface area contributed by atoms with Gasteiger partial charge in [-0.3, -0.25) is 9.52 Å². The molecule has 2 aliphatic carbocycles. The number of hydrogen-bond acceptors (Lipinski definition) is 4. The van der Waals surface area contributed by atoms with E-state index in [1.165, 1.54) is 0 Å². The van der Waals surface area contributed by atoms with E-state index in [2.05, 4.69) is 4.72 Å². The molecule has 0 aromatic heterocycles. The molecular weight excluding hydrogens is 216 g/mol. The zero-order valence-corrected chi connectivity index (χ0v) is 9.29. The lowest BCUT2D eigenvalue weighted by Crippen LogP contribution is -2.37. The number of nitrogens with one attached hydrogen (secondary N) is 1. The Bertz CT molecular complexity index is 362. The van der Waals surface area contributed by atoms with Crippen molar-refractivity contribution in [2.24, 2.45) is 11.7 Å². The molecule has 2 aliphatic rings. The Kier molecular flexibility index (Phi) is 2.72. The highest BCUT2D eigenvalue weighted by Crippen LogP contribution is 2.29. The first-order valence-electron chi connectivity index (χ1n) is 5.30. The van der Waals surface area contributed by atoms with E-state index in [1.54, 1.807) is 0 Å². The van der Waals surface area contributed by atoms with E-state index in [0.717, 1.165) is 6.42 Å². The average molecular weight is 232 g/mol. The first-order valence-corrected chi connectivity index (χ1v) is 6.85. The lowest BCUT2D eigenvalue weighted by Gasteiger charge is -2.10. The lowest BCUT2D eigenvalue weighted by molar-refractivity contribution is -0.123. The first-order chi connectivity index (χ1) is 6.99. The minimum atomic E-state index is -3.38. The summed E-state index contributed by atoms with van der Waals surface area (Å²) in [5.41, 5.74) is 5.67. The smallest absolute Gasteiger partial charge is 0.237 e. The quantitative estimate of drug-likeness (QED) is 0.700. The molecule has 86 valence electrons. The van der Waals surface area contributed by atoms with E-state index in [1.807, 2.05) is 0 Å². The summed E-state index contributed by atoms with van der Waals surface area (Å²) >= 11 is 0. The van der Waals surface area contributed by atoms with Gasteiger partial charge in [-0.15, -0.1) is 0 Å². The number of sulfonamides is 1. The van der Waals surface area contributed by atoms with E-state index in [-0.39, 0.29) is 23.1 Å². The molecule has 2 unspecified atom stereocenters. The molecule has 0 aromatic carbocycles. The Morgan fingerprint density at radius 3 is 2.33 bits per heavy atom. The van der Waals surface area contributed by atoms with Gasteiger partial charge >= 0.3 is 0 Å². The minimum Gasteiger partial charge on any atom is -0.328 e. The summed E-state index contributed by atoms with van der Waals surface area (Å²) in [6.07, 6.45) is 3.46. The van der Waals surface area contributed by atoms with Crippen molar-refractivity contribution in [1.29, 1.82) is 0 Å². The Morgan fingerprint density at radius 2 is 1.87 bits per heavy atom. The van der Waals surface area contributed by atoms with Crippen molar-refractivity contribution >= 4 is 15.9 Å². The van der Waals surface area contributed by atoms with Crippen LogP contribution in [-0.2, 0) is 14.8 Å². The van der Waals surface area contributed by atoms with Crippen molar-refractivity contribution in [1.82, 2.24) is 4.72 Å². The van der Waals surface area contributed by atoms with E-state index in [0.29, 0.717) is 25.7 Å². The van der Waals surface area contributed by atoms with Gasteiger partial charge in [-0.25, -0.2) is 8.42 Å². The monoisotopic (exact) mass is 232 g/mol. The zero-order valence-electron chi connectivity index (χ0n) is 8.48. The largest absolute Gasteiger partial charge is 0.328 e. The lowest BCUT2D eigenvalue weighted by atomic mass is 10.1. The molecule has 0 spiro atoms. The van der Waals surface area contributed by atoms with Crippen LogP contribution in [0, 0.1) is 5.92 Å². The summed E-state index contributed by atoms with van der Waals surface area (Å²) in [7, 11) is -3.38. The van der Waals surface area contributed by atoms with Crippen LogP contribution >= 0.6 is 0 Å². The number of carbonyl (C=O) groups is 1. The molecule has 2 fully saturated rings. The molecule has 0 radical (unpaired) electrons. The molecule has 1 amide bonds. The van der Waals surface area contributed by atoms with Gasteiger partial charge in [-0.05, 0) is 32.1 Å². The SMILES string of the molecule is NC1CCC(C(=O)NS(=O)(=O)C2CC2)C1. The third-order valence-corrected chi connectivity index (χ3v) is 4.88. The van der Waals surface area contributed by atoms with Crippen molar-refractivity contribution in [2.45, 2.75) is 43.4 Å². The molecule has 0 aromatic rings. The summed E-state index contributed by atoms with van der Waals surface area (Å²) in [5, 5.41) is -0.337. The molecule has 0 bridgehead atoms. The van der Waals surface area contributed by atoms with Crippen LogP contribution in [0.3, 0.4) is 0 Å². The van der Waals surface area contributed by atoms with Gasteiger partial charge in [0.15, 0.2) is 0 Å². The van der Waals surface area contributed by atoms with Crippen molar-refractivity contribution in [3.63, 3.8) is 0 Å². The molecule has 0 heterocycles. The molecule has 2 rings (SSSR count). The van der Waals surface area contributed by atoms with Gasteiger partial charge in [0.05, 0.1) is 5.25 Å². The Morgan fingerprint density at radius 1 is 1.20 bits per heavy atom. The topological polar surface area (TPSA) is 89.3 Å². The Balaban J connectivity index is 1.92. The van der Waals surface area contributed by atoms with Crippen LogP contribution in [-0.4, -0.2) is 25.6 Å². The van der Waals surface area contributed by atoms with Crippen molar-refractivity contribution < 1.29 is 13.2 Å². The third-order valence-electron chi connectivity index (χ3n) is 3.05. The summed E-state index contributed by atoms with van der Waals surface area (Å²) in [6, 6.07) is 0.0457. The average Bonchev–Trinajstić information content (AvgIpc) is 2.89. The van der Waals surface area contributed by atoms with Gasteiger partial charge in [0.25, 0.3) is 0 Å². The zero-order chi connectivity index (χ0) is 11.1. The van der Waals surface area contributed by atoms with Crippen LogP contribution in [0.5, 0.6) is 0 Å². The molecular formula is C9H16N2O3S. The highest BCUT2D eigenvalue weighted by atomic mass is 32.2. The van der Waals surface area contributed by atoms with Crippen LogP contribution in [0.15, 0.2) is 0 Å².